The van der Waals surface area contributed by atoms with Crippen molar-refractivity contribution in [3.63, 3.8) is 0 Å². The molecule has 0 aliphatic carbocycles. The van der Waals surface area contributed by atoms with Gasteiger partial charge in [-0.15, -0.1) is 0 Å². The lowest BCUT2D eigenvalue weighted by Crippen LogP contribution is -2.55. The van der Waals surface area contributed by atoms with Gasteiger partial charge in [0.05, 0.1) is 15.3 Å². The second kappa shape index (κ2) is 9.06. The number of benzene rings is 2. The highest BCUT2D eigenvalue weighted by atomic mass is 127. The first-order chi connectivity index (χ1) is 15.1. The Bertz CT molecular complexity index is 1200. The number of hydrogen-bond acceptors (Lipinski definition) is 4. The molecule has 2 aromatic rings. The van der Waals surface area contributed by atoms with Gasteiger partial charge < -0.3 is 0 Å². The van der Waals surface area contributed by atoms with Crippen LogP contribution < -0.4 is 0 Å². The maximum absolute atomic E-state index is 13.6. The molecule has 0 saturated carbocycles. The lowest BCUT2D eigenvalue weighted by molar-refractivity contribution is 0.241. The van der Waals surface area contributed by atoms with Gasteiger partial charge in [0.25, 0.3) is 0 Å². The average Bonchev–Trinajstić information content (AvgIpc) is 3.32. The summed E-state index contributed by atoms with van der Waals surface area (Å²) in [4.78, 5) is 0.591. The van der Waals surface area contributed by atoms with Gasteiger partial charge in [-0.3, -0.25) is 0 Å². The molecule has 4 rings (SSSR count). The van der Waals surface area contributed by atoms with Gasteiger partial charge >= 0.3 is 0 Å². The van der Waals surface area contributed by atoms with Crippen molar-refractivity contribution in [3.05, 3.63) is 59.7 Å². The van der Waals surface area contributed by atoms with Crippen LogP contribution in [0.3, 0.4) is 0 Å². The summed E-state index contributed by atoms with van der Waals surface area (Å²) in [6, 6.07) is 13.9. The third-order valence-corrected chi connectivity index (χ3v) is 13.2. The molecule has 2 fully saturated rings. The van der Waals surface area contributed by atoms with E-state index in [2.05, 4.69) is 45.2 Å². The number of aryl methyl sites for hydroxylation is 2. The first-order valence-corrected chi connectivity index (χ1v) is 16.3. The van der Waals surface area contributed by atoms with E-state index in [0.29, 0.717) is 38.3 Å². The molecule has 2 aromatic carbocycles. The Morgan fingerprint density at radius 1 is 0.781 bits per heavy atom. The maximum atomic E-state index is 13.6. The molecule has 2 atom stereocenters. The second-order valence-corrected chi connectivity index (χ2v) is 14.0. The molecule has 32 heavy (non-hydrogen) atoms. The van der Waals surface area contributed by atoms with Crippen LogP contribution in [0.2, 0.25) is 0 Å². The minimum absolute atomic E-state index is 0.0278. The minimum atomic E-state index is -3.68. The van der Waals surface area contributed by atoms with Crippen LogP contribution >= 0.6 is 45.2 Å². The quantitative estimate of drug-likeness (QED) is 0.339. The summed E-state index contributed by atoms with van der Waals surface area (Å²) >= 11 is 4.53. The molecular formula is C22H26I2N2O4S2. The molecule has 0 spiro atoms. The maximum Gasteiger partial charge on any atom is 0.243 e. The summed E-state index contributed by atoms with van der Waals surface area (Å²) in [5.41, 5.74) is 1.40. The monoisotopic (exact) mass is 700 g/mol. The van der Waals surface area contributed by atoms with Gasteiger partial charge in [0, 0.05) is 28.5 Å². The van der Waals surface area contributed by atoms with E-state index in [1.54, 1.807) is 45.0 Å². The molecule has 2 aliphatic rings. The van der Waals surface area contributed by atoms with Gasteiger partial charge in [0.15, 0.2) is 0 Å². The van der Waals surface area contributed by atoms with Crippen molar-refractivity contribution < 1.29 is 16.8 Å². The molecule has 0 N–H and O–H groups in total. The van der Waals surface area contributed by atoms with Gasteiger partial charge in [-0.1, -0.05) is 80.6 Å². The van der Waals surface area contributed by atoms with Crippen LogP contribution in [-0.4, -0.2) is 59.5 Å². The van der Waals surface area contributed by atoms with Gasteiger partial charge in [0.2, 0.25) is 20.0 Å². The van der Waals surface area contributed by atoms with Gasteiger partial charge in [-0.2, -0.15) is 8.61 Å². The molecule has 6 nitrogen and oxygen atoms in total. The number of sulfonamides is 2. The molecule has 2 saturated heterocycles. The fourth-order valence-electron chi connectivity index (χ4n) is 4.80. The normalized spacial score (nSPS) is 24.0. The molecule has 0 bridgehead atoms. The van der Waals surface area contributed by atoms with Crippen LogP contribution in [0.1, 0.15) is 11.1 Å². The van der Waals surface area contributed by atoms with E-state index in [0.717, 1.165) is 11.1 Å². The zero-order valence-electron chi connectivity index (χ0n) is 17.9. The van der Waals surface area contributed by atoms with Gasteiger partial charge in [-0.25, -0.2) is 16.8 Å². The Morgan fingerprint density at radius 3 is 1.72 bits per heavy atom. The average molecular weight is 700 g/mol. The van der Waals surface area contributed by atoms with Crippen LogP contribution in [0, 0.1) is 25.7 Å². The molecule has 2 aliphatic heterocycles. The minimum Gasteiger partial charge on any atom is -0.207 e. The van der Waals surface area contributed by atoms with Crippen molar-refractivity contribution in [3.8, 4) is 0 Å². The van der Waals surface area contributed by atoms with Crippen LogP contribution in [0.5, 0.6) is 0 Å². The van der Waals surface area contributed by atoms with Crippen molar-refractivity contribution in [2.45, 2.75) is 29.2 Å². The van der Waals surface area contributed by atoms with E-state index >= 15 is 0 Å². The standard InChI is InChI=1S/C22H26I2N2O4S2/c1-16-3-7-19(8-4-16)31(27,28)25-11-18-12-26(22(14-23,15-24)21(18)13-25)32(29,30)20-9-5-17(2)6-10-20/h3-10,18,21H,11-15H2,1-2H3. The topological polar surface area (TPSA) is 74.8 Å². The smallest absolute Gasteiger partial charge is 0.207 e. The lowest BCUT2D eigenvalue weighted by Gasteiger charge is -2.39. The summed E-state index contributed by atoms with van der Waals surface area (Å²) in [5, 5.41) is 0. The van der Waals surface area contributed by atoms with E-state index in [-0.39, 0.29) is 11.8 Å². The summed E-state index contributed by atoms with van der Waals surface area (Å²) in [6.45, 7) is 4.88. The SMILES string of the molecule is Cc1ccc(S(=O)(=O)N2CC3CN(S(=O)(=O)c4ccc(C)cc4)C(CI)(CI)C3C2)cc1. The Morgan fingerprint density at radius 2 is 1.25 bits per heavy atom. The predicted octanol–water partition coefficient (Wildman–Crippen LogP) is 3.85. The Labute approximate surface area is 218 Å². The molecular weight excluding hydrogens is 674 g/mol. The summed E-state index contributed by atoms with van der Waals surface area (Å²) in [7, 11) is -7.30. The van der Waals surface area contributed by atoms with Crippen LogP contribution in [-0.2, 0) is 20.0 Å². The Hall–Kier alpha value is -0.280. The molecule has 0 aromatic heterocycles. The number of nitrogens with zero attached hydrogens (tertiary/aromatic N) is 2. The number of alkyl halides is 2. The molecule has 10 heteroatoms. The van der Waals surface area contributed by atoms with E-state index in [1.165, 1.54) is 0 Å². The van der Waals surface area contributed by atoms with E-state index in [4.69, 9.17) is 0 Å². The highest BCUT2D eigenvalue weighted by Gasteiger charge is 2.60. The van der Waals surface area contributed by atoms with Gasteiger partial charge in [-0.05, 0) is 49.9 Å². The highest BCUT2D eigenvalue weighted by molar-refractivity contribution is 14.1. The number of fused-ring (bicyclic) bond motifs is 1. The fourth-order valence-corrected chi connectivity index (χ4v) is 12.2. The first-order valence-electron chi connectivity index (χ1n) is 10.3. The van der Waals surface area contributed by atoms with Crippen molar-refractivity contribution >= 4 is 65.2 Å². The van der Waals surface area contributed by atoms with Gasteiger partial charge in [0.1, 0.15) is 0 Å². The third-order valence-electron chi connectivity index (χ3n) is 6.73. The van der Waals surface area contributed by atoms with Crippen molar-refractivity contribution in [2.24, 2.45) is 11.8 Å². The van der Waals surface area contributed by atoms with E-state index in [1.807, 2.05) is 26.0 Å². The number of hydrogen-bond donors (Lipinski definition) is 0. The second-order valence-electron chi connectivity index (χ2n) is 8.72. The van der Waals surface area contributed by atoms with Crippen molar-refractivity contribution in [2.75, 3.05) is 28.5 Å². The first kappa shape index (κ1) is 24.8. The lowest BCUT2D eigenvalue weighted by atomic mass is 9.85. The summed E-state index contributed by atoms with van der Waals surface area (Å²) in [5.74, 6) is -0.0725. The Kier molecular flexibility index (Phi) is 7.03. The van der Waals surface area contributed by atoms with Crippen LogP contribution in [0.15, 0.2) is 58.3 Å². The highest BCUT2D eigenvalue weighted by Crippen LogP contribution is 2.49. The summed E-state index contributed by atoms with van der Waals surface area (Å²) in [6.07, 6.45) is 0. The predicted molar refractivity (Wildman–Crippen MR) is 142 cm³/mol. The van der Waals surface area contributed by atoms with Crippen LogP contribution in [0.4, 0.5) is 0 Å². The zero-order chi connectivity index (χ0) is 23.3. The molecule has 0 amide bonds. The number of halogens is 2. The summed E-state index contributed by atoms with van der Waals surface area (Å²) < 4.78 is 58.3. The molecule has 174 valence electrons. The van der Waals surface area contributed by atoms with Crippen molar-refractivity contribution in [1.29, 1.82) is 0 Å². The number of rotatable bonds is 6. The molecule has 2 heterocycles. The van der Waals surface area contributed by atoms with E-state index < -0.39 is 25.6 Å². The largest absolute Gasteiger partial charge is 0.243 e. The van der Waals surface area contributed by atoms with Crippen LogP contribution in [0.25, 0.3) is 0 Å². The fraction of sp³-hybridized carbons (Fsp3) is 0.455. The van der Waals surface area contributed by atoms with Crippen molar-refractivity contribution in [1.82, 2.24) is 8.61 Å². The molecule has 2 unspecified atom stereocenters. The zero-order valence-corrected chi connectivity index (χ0v) is 23.9. The Balaban J connectivity index is 1.66. The third kappa shape index (κ3) is 4.06. The van der Waals surface area contributed by atoms with E-state index in [9.17, 15) is 16.8 Å². The molecule has 0 radical (unpaired) electrons.